The van der Waals surface area contributed by atoms with Gasteiger partial charge in [0.05, 0.1) is 6.61 Å². The molecule has 0 aromatic carbocycles. The van der Waals surface area contributed by atoms with Crippen LogP contribution in [0, 0.1) is 0 Å². The van der Waals surface area contributed by atoms with Gasteiger partial charge in [-0.25, -0.2) is 0 Å². The third kappa shape index (κ3) is 6.01. The summed E-state index contributed by atoms with van der Waals surface area (Å²) in [6.45, 7) is 6.88. The van der Waals surface area contributed by atoms with E-state index in [1.54, 1.807) is 7.11 Å². The molecular weight excluding hydrogens is 269 g/mol. The molecule has 0 saturated heterocycles. The SMILES string of the molecule is COCC(C)(C)NP(C)OC1=CC=C(Cl)C=CC1. The Kier molecular flexibility index (Phi) is 6.37. The fourth-order valence-electron chi connectivity index (χ4n) is 1.67. The van der Waals surface area contributed by atoms with E-state index in [-0.39, 0.29) is 5.54 Å². The Balaban J connectivity index is 2.50. The molecule has 0 fully saturated rings. The highest BCUT2D eigenvalue weighted by Gasteiger charge is 2.21. The van der Waals surface area contributed by atoms with Crippen LogP contribution in [-0.4, -0.2) is 25.9 Å². The van der Waals surface area contributed by atoms with E-state index in [1.165, 1.54) is 0 Å². The zero-order valence-electron chi connectivity index (χ0n) is 11.4. The van der Waals surface area contributed by atoms with E-state index >= 15 is 0 Å². The van der Waals surface area contributed by atoms with E-state index in [9.17, 15) is 0 Å². The second-order valence-electron chi connectivity index (χ2n) is 4.81. The Morgan fingerprint density at radius 2 is 2.17 bits per heavy atom. The number of ether oxygens (including phenoxy) is 1. The van der Waals surface area contributed by atoms with E-state index in [2.05, 4.69) is 18.9 Å². The molecule has 0 bridgehead atoms. The number of halogens is 1. The van der Waals surface area contributed by atoms with Gasteiger partial charge in [0.1, 0.15) is 5.76 Å². The van der Waals surface area contributed by atoms with Gasteiger partial charge < -0.3 is 9.26 Å². The summed E-state index contributed by atoms with van der Waals surface area (Å²) in [4.78, 5) is 0. The minimum absolute atomic E-state index is 0.0934. The first kappa shape index (κ1) is 15.7. The molecule has 1 atom stereocenters. The molecule has 1 aliphatic rings. The van der Waals surface area contributed by atoms with Crippen LogP contribution in [-0.2, 0) is 9.26 Å². The molecule has 0 aromatic rings. The van der Waals surface area contributed by atoms with Gasteiger partial charge in [-0.1, -0.05) is 17.7 Å². The molecule has 0 radical (unpaired) electrons. The van der Waals surface area contributed by atoms with Crippen molar-refractivity contribution in [2.75, 3.05) is 20.4 Å². The summed E-state index contributed by atoms with van der Waals surface area (Å²) >= 11 is 5.92. The fourth-order valence-corrected chi connectivity index (χ4v) is 3.27. The van der Waals surface area contributed by atoms with Gasteiger partial charge in [0.2, 0.25) is 0 Å². The number of hydrogen-bond donors (Lipinski definition) is 1. The van der Waals surface area contributed by atoms with Crippen molar-refractivity contribution in [1.82, 2.24) is 5.09 Å². The molecule has 0 aliphatic heterocycles. The van der Waals surface area contributed by atoms with Crippen molar-refractivity contribution in [3.63, 3.8) is 0 Å². The van der Waals surface area contributed by atoms with Crippen molar-refractivity contribution in [3.05, 3.63) is 35.1 Å². The van der Waals surface area contributed by atoms with E-state index in [1.807, 2.05) is 31.0 Å². The second kappa shape index (κ2) is 7.30. The maximum absolute atomic E-state index is 5.92. The van der Waals surface area contributed by atoms with E-state index in [0.29, 0.717) is 6.61 Å². The first-order chi connectivity index (χ1) is 8.43. The zero-order valence-corrected chi connectivity index (χ0v) is 13.0. The third-order valence-corrected chi connectivity index (χ3v) is 3.92. The van der Waals surface area contributed by atoms with Gasteiger partial charge in [0.15, 0.2) is 8.30 Å². The Bertz CT molecular complexity index is 364. The summed E-state index contributed by atoms with van der Waals surface area (Å²) in [5, 5.41) is 4.16. The van der Waals surface area contributed by atoms with Crippen LogP contribution in [0.1, 0.15) is 20.3 Å². The standard InChI is InChI=1S/C13H21ClNO2P/c1-13(2,10-16-3)15-18(4)17-12-7-5-6-11(14)8-9-12/h5-6,8-9,15H,7,10H2,1-4H3. The lowest BCUT2D eigenvalue weighted by Crippen LogP contribution is -2.40. The average Bonchev–Trinajstić information content (AvgIpc) is 2.42. The first-order valence-corrected chi connectivity index (χ1v) is 7.93. The highest BCUT2D eigenvalue weighted by Crippen LogP contribution is 2.35. The molecule has 0 amide bonds. The van der Waals surface area contributed by atoms with Crippen LogP contribution in [0.4, 0.5) is 0 Å². The second-order valence-corrected chi connectivity index (χ2v) is 6.65. The molecule has 0 heterocycles. The Morgan fingerprint density at radius 1 is 1.44 bits per heavy atom. The molecule has 18 heavy (non-hydrogen) atoms. The number of allylic oxidation sites excluding steroid dienone is 5. The van der Waals surface area contributed by atoms with Gasteiger partial charge >= 0.3 is 0 Å². The Morgan fingerprint density at radius 3 is 2.83 bits per heavy atom. The van der Waals surface area contributed by atoms with E-state index in [0.717, 1.165) is 17.2 Å². The predicted octanol–water partition coefficient (Wildman–Crippen LogP) is 3.93. The van der Waals surface area contributed by atoms with Crippen molar-refractivity contribution in [1.29, 1.82) is 0 Å². The van der Waals surface area contributed by atoms with Crippen molar-refractivity contribution in [2.45, 2.75) is 25.8 Å². The molecule has 0 saturated carbocycles. The summed E-state index contributed by atoms with van der Waals surface area (Å²) in [6.07, 6.45) is 8.43. The van der Waals surface area contributed by atoms with Crippen LogP contribution >= 0.6 is 19.9 Å². The largest absolute Gasteiger partial charge is 0.462 e. The third-order valence-electron chi connectivity index (χ3n) is 2.24. The van der Waals surface area contributed by atoms with Crippen molar-refractivity contribution in [2.24, 2.45) is 0 Å². The number of methoxy groups -OCH3 is 1. The molecule has 1 N–H and O–H groups in total. The molecule has 1 rings (SSSR count). The summed E-state index contributed by atoms with van der Waals surface area (Å²) in [7, 11) is 0.968. The molecule has 3 nitrogen and oxygen atoms in total. The predicted molar refractivity (Wildman–Crippen MR) is 78.8 cm³/mol. The van der Waals surface area contributed by atoms with Gasteiger partial charge in [-0.2, -0.15) is 0 Å². The summed E-state index contributed by atoms with van der Waals surface area (Å²) in [5.74, 6) is 0.927. The van der Waals surface area contributed by atoms with Gasteiger partial charge in [0.25, 0.3) is 0 Å². The monoisotopic (exact) mass is 289 g/mol. The van der Waals surface area contributed by atoms with Crippen LogP contribution in [0.15, 0.2) is 35.1 Å². The molecule has 0 spiro atoms. The molecule has 5 heteroatoms. The Labute approximate surface area is 116 Å². The topological polar surface area (TPSA) is 30.5 Å². The molecule has 102 valence electrons. The normalized spacial score (nSPS) is 17.8. The smallest absolute Gasteiger partial charge is 0.157 e. The molecular formula is C13H21ClNO2P. The minimum atomic E-state index is -0.734. The lowest BCUT2D eigenvalue weighted by molar-refractivity contribution is 0.140. The number of hydrogen-bond acceptors (Lipinski definition) is 3. The van der Waals surface area contributed by atoms with Gasteiger partial charge in [-0.05, 0) is 32.1 Å². The van der Waals surface area contributed by atoms with Crippen molar-refractivity contribution < 1.29 is 9.26 Å². The van der Waals surface area contributed by atoms with Gasteiger partial charge in [0, 0.05) is 30.8 Å². The number of rotatable bonds is 6. The highest BCUT2D eigenvalue weighted by atomic mass is 35.5. The van der Waals surface area contributed by atoms with Crippen LogP contribution in [0.2, 0.25) is 0 Å². The van der Waals surface area contributed by atoms with Gasteiger partial charge in [-0.15, -0.1) is 0 Å². The maximum atomic E-state index is 5.92. The Hall–Kier alpha value is -0.340. The quantitative estimate of drug-likeness (QED) is 0.752. The minimum Gasteiger partial charge on any atom is -0.462 e. The van der Waals surface area contributed by atoms with E-state index < -0.39 is 8.30 Å². The summed E-state index contributed by atoms with van der Waals surface area (Å²) in [6, 6.07) is 0. The van der Waals surface area contributed by atoms with Gasteiger partial charge in [-0.3, -0.25) is 5.09 Å². The fraction of sp³-hybridized carbons (Fsp3) is 0.538. The number of nitrogens with one attached hydrogen (secondary N) is 1. The summed E-state index contributed by atoms with van der Waals surface area (Å²) < 4.78 is 11.1. The van der Waals surface area contributed by atoms with Crippen LogP contribution in [0.3, 0.4) is 0 Å². The van der Waals surface area contributed by atoms with Crippen LogP contribution in [0.5, 0.6) is 0 Å². The highest BCUT2D eigenvalue weighted by molar-refractivity contribution is 7.49. The van der Waals surface area contributed by atoms with Crippen molar-refractivity contribution >= 4 is 19.9 Å². The first-order valence-electron chi connectivity index (χ1n) is 5.84. The zero-order chi connectivity index (χ0) is 13.6. The summed E-state index contributed by atoms with van der Waals surface area (Å²) in [5.41, 5.74) is -0.0934. The average molecular weight is 290 g/mol. The van der Waals surface area contributed by atoms with Crippen LogP contribution < -0.4 is 5.09 Å². The lowest BCUT2D eigenvalue weighted by atomic mass is 10.1. The molecule has 1 aliphatic carbocycles. The van der Waals surface area contributed by atoms with Crippen molar-refractivity contribution in [3.8, 4) is 0 Å². The maximum Gasteiger partial charge on any atom is 0.157 e. The van der Waals surface area contributed by atoms with Crippen LogP contribution in [0.25, 0.3) is 0 Å². The molecule has 0 aromatic heterocycles. The molecule has 1 unspecified atom stereocenters. The van der Waals surface area contributed by atoms with E-state index in [4.69, 9.17) is 20.9 Å². The lowest BCUT2D eigenvalue weighted by Gasteiger charge is -2.29.